The monoisotopic (exact) mass is 635 g/mol. The van der Waals surface area contributed by atoms with Crippen LogP contribution in [0.5, 0.6) is 5.75 Å². The molecule has 0 aliphatic carbocycles. The van der Waals surface area contributed by atoms with E-state index in [1.54, 1.807) is 11.1 Å². The molecule has 242 valence electrons. The van der Waals surface area contributed by atoms with Gasteiger partial charge < -0.3 is 30.1 Å². The highest BCUT2D eigenvalue weighted by Gasteiger charge is 2.38. The standard InChI is InChI=1S/C23H29N5O2.2C2HF3O2/c1-4-28(17-18-8-6-5-7-9-18)23(29)26-21-11-10-19(20-15-24-25-16-20)14-22(21)30-13-12-27(2)3;2*3-2(4,5)1(6)7/h5-11,14-16H,4,12-13,17H2,1-3H3,(H,24,25)(H,26,29);2*(H,6,7). The van der Waals surface area contributed by atoms with E-state index >= 15 is 0 Å². The molecule has 11 nitrogen and oxygen atoms in total. The molecule has 2 amide bonds. The first kappa shape index (κ1) is 37.2. The number of rotatable bonds is 9. The Hall–Kier alpha value is -4.80. The number of carboxylic acid groups (broad SMARTS) is 2. The van der Waals surface area contributed by atoms with Gasteiger partial charge in [0.2, 0.25) is 0 Å². The minimum atomic E-state index is -5.08. The summed E-state index contributed by atoms with van der Waals surface area (Å²) >= 11 is 0. The number of aromatic nitrogens is 2. The summed E-state index contributed by atoms with van der Waals surface area (Å²) in [5.41, 5.74) is 3.67. The highest BCUT2D eigenvalue weighted by molar-refractivity contribution is 5.91. The van der Waals surface area contributed by atoms with Crippen molar-refractivity contribution >= 4 is 23.7 Å². The topological polar surface area (TPSA) is 148 Å². The molecule has 1 aromatic heterocycles. The Morgan fingerprint density at radius 3 is 1.95 bits per heavy atom. The van der Waals surface area contributed by atoms with Gasteiger partial charge in [0.25, 0.3) is 0 Å². The van der Waals surface area contributed by atoms with E-state index in [0.717, 1.165) is 23.2 Å². The Labute approximate surface area is 248 Å². The van der Waals surface area contributed by atoms with E-state index in [4.69, 9.17) is 24.5 Å². The summed E-state index contributed by atoms with van der Waals surface area (Å²) in [6.45, 7) is 4.42. The lowest BCUT2D eigenvalue weighted by Crippen LogP contribution is -2.34. The van der Waals surface area contributed by atoms with Crippen LogP contribution in [-0.4, -0.2) is 94.3 Å². The number of nitrogens with zero attached hydrogens (tertiary/aromatic N) is 3. The number of anilines is 1. The second-order valence-corrected chi connectivity index (χ2v) is 8.89. The smallest absolute Gasteiger partial charge is 0.490 e. The summed E-state index contributed by atoms with van der Waals surface area (Å²) in [5, 5.41) is 24.1. The Morgan fingerprint density at radius 2 is 1.50 bits per heavy atom. The maximum Gasteiger partial charge on any atom is 0.490 e. The van der Waals surface area contributed by atoms with Gasteiger partial charge in [0, 0.05) is 31.4 Å². The number of H-pyrrole nitrogens is 1. The number of carbonyl (C=O) groups excluding carboxylic acids is 1. The Bertz CT molecular complexity index is 1300. The molecule has 0 spiro atoms. The van der Waals surface area contributed by atoms with E-state index in [2.05, 4.69) is 20.4 Å². The molecular weight excluding hydrogens is 604 g/mol. The normalized spacial score (nSPS) is 11.0. The van der Waals surface area contributed by atoms with Crippen LogP contribution >= 0.6 is 0 Å². The number of aliphatic carboxylic acids is 2. The van der Waals surface area contributed by atoms with Crippen LogP contribution in [0.25, 0.3) is 11.1 Å². The number of halogens is 6. The molecule has 4 N–H and O–H groups in total. The Kier molecular flexibility index (Phi) is 14.7. The number of ether oxygens (including phenoxy) is 1. The lowest BCUT2D eigenvalue weighted by molar-refractivity contribution is -0.193. The fraction of sp³-hybridized carbons (Fsp3) is 0.333. The van der Waals surface area contributed by atoms with Crippen LogP contribution in [0.15, 0.2) is 60.9 Å². The molecule has 0 atom stereocenters. The molecule has 3 rings (SSSR count). The first-order valence-corrected chi connectivity index (χ1v) is 12.6. The van der Waals surface area contributed by atoms with Crippen molar-refractivity contribution in [1.82, 2.24) is 20.0 Å². The zero-order valence-corrected chi connectivity index (χ0v) is 23.7. The van der Waals surface area contributed by atoms with Crippen LogP contribution in [0.4, 0.5) is 36.8 Å². The molecule has 0 fully saturated rings. The average molecular weight is 636 g/mol. The van der Waals surface area contributed by atoms with E-state index in [0.29, 0.717) is 31.1 Å². The van der Waals surface area contributed by atoms with Gasteiger partial charge in [-0.3, -0.25) is 5.10 Å². The maximum absolute atomic E-state index is 12.9. The first-order chi connectivity index (χ1) is 20.4. The fourth-order valence-electron chi connectivity index (χ4n) is 3.00. The number of carbonyl (C=O) groups is 3. The van der Waals surface area contributed by atoms with Crippen molar-refractivity contribution in [2.75, 3.05) is 39.1 Å². The summed E-state index contributed by atoms with van der Waals surface area (Å²) < 4.78 is 69.5. The van der Waals surface area contributed by atoms with Crippen molar-refractivity contribution in [2.45, 2.75) is 25.8 Å². The third-order valence-electron chi connectivity index (χ3n) is 5.22. The second kappa shape index (κ2) is 17.3. The number of hydrogen-bond donors (Lipinski definition) is 4. The van der Waals surface area contributed by atoms with Crippen LogP contribution in [0.3, 0.4) is 0 Å². The van der Waals surface area contributed by atoms with E-state index in [1.807, 2.05) is 75.7 Å². The van der Waals surface area contributed by atoms with Gasteiger partial charge in [-0.05, 0) is 44.3 Å². The van der Waals surface area contributed by atoms with Crippen LogP contribution in [-0.2, 0) is 16.1 Å². The van der Waals surface area contributed by atoms with Gasteiger partial charge >= 0.3 is 30.3 Å². The summed E-state index contributed by atoms with van der Waals surface area (Å²) in [7, 11) is 3.99. The quantitative estimate of drug-likeness (QED) is 0.231. The summed E-state index contributed by atoms with van der Waals surface area (Å²) in [6, 6.07) is 15.6. The van der Waals surface area contributed by atoms with Crippen LogP contribution in [0.1, 0.15) is 12.5 Å². The lowest BCUT2D eigenvalue weighted by Gasteiger charge is -2.23. The molecule has 0 unspecified atom stereocenters. The fourth-order valence-corrected chi connectivity index (χ4v) is 3.00. The molecule has 0 bridgehead atoms. The van der Waals surface area contributed by atoms with E-state index in [9.17, 15) is 31.1 Å². The van der Waals surface area contributed by atoms with Crippen molar-refractivity contribution in [3.63, 3.8) is 0 Å². The molecule has 44 heavy (non-hydrogen) atoms. The van der Waals surface area contributed by atoms with Gasteiger partial charge in [0.05, 0.1) is 11.9 Å². The van der Waals surface area contributed by atoms with E-state index in [-0.39, 0.29) is 6.03 Å². The van der Waals surface area contributed by atoms with Gasteiger partial charge in [-0.2, -0.15) is 31.4 Å². The molecule has 0 saturated heterocycles. The van der Waals surface area contributed by atoms with Crippen LogP contribution in [0.2, 0.25) is 0 Å². The minimum absolute atomic E-state index is 0.158. The molecule has 0 aliphatic rings. The minimum Gasteiger partial charge on any atom is -0.490 e. The van der Waals surface area contributed by atoms with E-state index < -0.39 is 24.3 Å². The molecule has 0 saturated carbocycles. The largest absolute Gasteiger partial charge is 0.490 e. The number of nitrogens with one attached hydrogen (secondary N) is 2. The lowest BCUT2D eigenvalue weighted by atomic mass is 10.1. The summed E-state index contributed by atoms with van der Waals surface area (Å²) in [6.07, 6.45) is -6.58. The summed E-state index contributed by atoms with van der Waals surface area (Å²) in [4.78, 5) is 34.5. The zero-order chi connectivity index (χ0) is 33.5. The van der Waals surface area contributed by atoms with Crippen molar-refractivity contribution in [3.8, 4) is 16.9 Å². The Morgan fingerprint density at radius 1 is 0.932 bits per heavy atom. The maximum atomic E-state index is 12.9. The van der Waals surface area contributed by atoms with Gasteiger partial charge in [-0.25, -0.2) is 14.4 Å². The number of alkyl halides is 6. The van der Waals surface area contributed by atoms with E-state index in [1.165, 1.54) is 0 Å². The average Bonchev–Trinajstić information content (AvgIpc) is 3.48. The van der Waals surface area contributed by atoms with Gasteiger partial charge in [0.1, 0.15) is 12.4 Å². The number of benzene rings is 2. The SMILES string of the molecule is CCN(Cc1ccccc1)C(=O)Nc1ccc(-c2cn[nH]c2)cc1OCCN(C)C.O=C(O)C(F)(F)F.O=C(O)C(F)(F)F. The van der Waals surface area contributed by atoms with Crippen molar-refractivity contribution in [3.05, 3.63) is 66.5 Å². The van der Waals surface area contributed by atoms with Crippen molar-refractivity contribution in [1.29, 1.82) is 0 Å². The zero-order valence-electron chi connectivity index (χ0n) is 23.7. The third-order valence-corrected chi connectivity index (χ3v) is 5.22. The van der Waals surface area contributed by atoms with Crippen LogP contribution in [0, 0.1) is 0 Å². The highest BCUT2D eigenvalue weighted by atomic mass is 19.4. The number of aromatic amines is 1. The number of likely N-dealkylation sites (N-methyl/N-ethyl adjacent to an activating group) is 1. The first-order valence-electron chi connectivity index (χ1n) is 12.6. The molecule has 0 aliphatic heterocycles. The van der Waals surface area contributed by atoms with Gasteiger partial charge in [-0.15, -0.1) is 0 Å². The second-order valence-electron chi connectivity index (χ2n) is 8.89. The number of carboxylic acids is 2. The molecule has 0 radical (unpaired) electrons. The van der Waals surface area contributed by atoms with Crippen molar-refractivity contribution in [2.24, 2.45) is 0 Å². The summed E-state index contributed by atoms with van der Waals surface area (Å²) in [5.74, 6) is -4.88. The highest BCUT2D eigenvalue weighted by Crippen LogP contribution is 2.31. The Balaban J connectivity index is 0.000000574. The molecule has 3 aromatic rings. The molecular formula is C27H31F6N5O6. The molecule has 1 heterocycles. The number of amides is 2. The van der Waals surface area contributed by atoms with Crippen LogP contribution < -0.4 is 10.1 Å². The molecule has 17 heteroatoms. The number of urea groups is 1. The third kappa shape index (κ3) is 13.9. The number of hydrogen-bond acceptors (Lipinski definition) is 6. The van der Waals surface area contributed by atoms with Crippen molar-refractivity contribution < 1.29 is 55.7 Å². The predicted octanol–water partition coefficient (Wildman–Crippen LogP) is 5.34. The van der Waals surface area contributed by atoms with Gasteiger partial charge in [-0.1, -0.05) is 36.4 Å². The predicted molar refractivity (Wildman–Crippen MR) is 147 cm³/mol. The molecule has 2 aromatic carbocycles. The van der Waals surface area contributed by atoms with Gasteiger partial charge in [0.15, 0.2) is 0 Å².